The molecule has 1 fully saturated rings. The van der Waals surface area contributed by atoms with Gasteiger partial charge in [0.05, 0.1) is 30.1 Å². The van der Waals surface area contributed by atoms with Crippen LogP contribution in [0.15, 0.2) is 36.7 Å². The summed E-state index contributed by atoms with van der Waals surface area (Å²) in [5, 5.41) is 14.5. The number of carbonyl (C=O) groups excluding carboxylic acids is 1. The fourth-order valence-electron chi connectivity index (χ4n) is 2.91. The van der Waals surface area contributed by atoms with Crippen molar-refractivity contribution in [1.82, 2.24) is 20.3 Å². The molecule has 1 aliphatic heterocycles. The van der Waals surface area contributed by atoms with E-state index in [9.17, 15) is 4.79 Å². The van der Waals surface area contributed by atoms with Crippen LogP contribution in [0.4, 0.5) is 5.69 Å². The molecule has 0 bridgehead atoms. The molecule has 7 nitrogen and oxygen atoms in total. The molecule has 1 aromatic heterocycles. The number of anilines is 1. The van der Waals surface area contributed by atoms with E-state index in [1.807, 2.05) is 24.3 Å². The van der Waals surface area contributed by atoms with Gasteiger partial charge in [0.25, 0.3) is 0 Å². The lowest BCUT2D eigenvalue weighted by molar-refractivity contribution is -0.130. The number of rotatable bonds is 5. The van der Waals surface area contributed by atoms with Gasteiger partial charge in [-0.3, -0.25) is 4.79 Å². The molecule has 1 aromatic carbocycles. The van der Waals surface area contributed by atoms with Gasteiger partial charge in [-0.1, -0.05) is 0 Å². The number of nitrogens with one attached hydrogen (secondary N) is 2. The van der Waals surface area contributed by atoms with E-state index in [1.165, 1.54) is 4.80 Å². The standard InChI is InChI=1S/C16H21N5O2/c1-23-12-16(6-8-17-9-7-16)15(22)20-13-2-4-14(5-3-13)21-18-10-11-19-21/h2-5,10-11,17H,6-9,12H2,1H3,(H,20,22). The molecule has 1 amide bonds. The number of piperidine rings is 1. The van der Waals surface area contributed by atoms with Crippen molar-refractivity contribution < 1.29 is 9.53 Å². The normalized spacial score (nSPS) is 16.9. The average Bonchev–Trinajstić information content (AvgIpc) is 3.11. The molecule has 0 saturated carbocycles. The van der Waals surface area contributed by atoms with Crippen molar-refractivity contribution in [2.75, 3.05) is 32.1 Å². The molecule has 2 aromatic rings. The molecule has 122 valence electrons. The van der Waals surface area contributed by atoms with E-state index in [0.29, 0.717) is 6.61 Å². The minimum atomic E-state index is -0.456. The molecular formula is C16H21N5O2. The number of aromatic nitrogens is 3. The van der Waals surface area contributed by atoms with Crippen LogP contribution in [0.25, 0.3) is 5.69 Å². The van der Waals surface area contributed by atoms with Gasteiger partial charge in [0.2, 0.25) is 5.91 Å². The molecule has 7 heteroatoms. The molecule has 0 atom stereocenters. The van der Waals surface area contributed by atoms with Gasteiger partial charge < -0.3 is 15.4 Å². The number of benzene rings is 1. The summed E-state index contributed by atoms with van der Waals surface area (Å²) >= 11 is 0. The second-order valence-electron chi connectivity index (χ2n) is 5.78. The van der Waals surface area contributed by atoms with Gasteiger partial charge in [0.1, 0.15) is 0 Å². The molecule has 23 heavy (non-hydrogen) atoms. The molecule has 1 aliphatic rings. The number of amides is 1. The highest BCUT2D eigenvalue weighted by Crippen LogP contribution is 2.31. The van der Waals surface area contributed by atoms with Gasteiger partial charge in [0.15, 0.2) is 0 Å². The number of carbonyl (C=O) groups is 1. The van der Waals surface area contributed by atoms with Crippen LogP contribution in [-0.2, 0) is 9.53 Å². The fraction of sp³-hybridized carbons (Fsp3) is 0.438. The van der Waals surface area contributed by atoms with E-state index >= 15 is 0 Å². The number of hydrogen-bond donors (Lipinski definition) is 2. The van der Waals surface area contributed by atoms with Crippen LogP contribution in [0.3, 0.4) is 0 Å². The first-order valence-electron chi connectivity index (χ1n) is 7.71. The Bertz CT molecular complexity index is 627. The van der Waals surface area contributed by atoms with Gasteiger partial charge in [0, 0.05) is 12.8 Å². The summed E-state index contributed by atoms with van der Waals surface area (Å²) in [5.74, 6) is 0.0193. The summed E-state index contributed by atoms with van der Waals surface area (Å²) in [6, 6.07) is 7.47. The van der Waals surface area contributed by atoms with Gasteiger partial charge in [-0.25, -0.2) is 0 Å². The summed E-state index contributed by atoms with van der Waals surface area (Å²) < 4.78 is 5.30. The van der Waals surface area contributed by atoms with Crippen molar-refractivity contribution in [3.63, 3.8) is 0 Å². The lowest BCUT2D eigenvalue weighted by atomic mass is 9.78. The summed E-state index contributed by atoms with van der Waals surface area (Å²) in [7, 11) is 1.64. The summed E-state index contributed by atoms with van der Waals surface area (Å²) in [5.41, 5.74) is 1.16. The minimum Gasteiger partial charge on any atom is -0.384 e. The predicted octanol–water partition coefficient (Wildman–Crippen LogP) is 1.22. The van der Waals surface area contributed by atoms with Crippen molar-refractivity contribution in [3.8, 4) is 5.69 Å². The minimum absolute atomic E-state index is 0.0193. The Morgan fingerprint density at radius 3 is 2.52 bits per heavy atom. The number of nitrogens with zero attached hydrogens (tertiary/aromatic N) is 3. The topological polar surface area (TPSA) is 81.1 Å². The van der Waals surface area contributed by atoms with Crippen molar-refractivity contribution in [2.45, 2.75) is 12.8 Å². The third-order valence-electron chi connectivity index (χ3n) is 4.24. The molecule has 2 N–H and O–H groups in total. The van der Waals surface area contributed by atoms with Crippen LogP contribution < -0.4 is 10.6 Å². The van der Waals surface area contributed by atoms with E-state index in [4.69, 9.17) is 4.74 Å². The number of ether oxygens (including phenoxy) is 1. The Hall–Kier alpha value is -2.25. The Morgan fingerprint density at radius 2 is 1.91 bits per heavy atom. The Kier molecular flexibility index (Phi) is 4.68. The Labute approximate surface area is 135 Å². The van der Waals surface area contributed by atoms with Gasteiger partial charge in [-0.15, -0.1) is 0 Å². The first-order valence-corrected chi connectivity index (χ1v) is 7.71. The lowest BCUT2D eigenvalue weighted by Gasteiger charge is -2.35. The van der Waals surface area contributed by atoms with E-state index in [2.05, 4.69) is 20.8 Å². The van der Waals surface area contributed by atoms with Crippen LogP contribution in [0, 0.1) is 5.41 Å². The molecular weight excluding hydrogens is 294 g/mol. The molecule has 0 aliphatic carbocycles. The highest BCUT2D eigenvalue weighted by Gasteiger charge is 2.39. The summed E-state index contributed by atoms with van der Waals surface area (Å²) in [6.07, 6.45) is 4.81. The Morgan fingerprint density at radius 1 is 1.26 bits per heavy atom. The maximum absolute atomic E-state index is 12.7. The summed E-state index contributed by atoms with van der Waals surface area (Å²) in [4.78, 5) is 14.3. The predicted molar refractivity (Wildman–Crippen MR) is 86.4 cm³/mol. The van der Waals surface area contributed by atoms with Crippen LogP contribution in [0.1, 0.15) is 12.8 Å². The largest absolute Gasteiger partial charge is 0.384 e. The molecule has 0 spiro atoms. The molecule has 0 unspecified atom stereocenters. The summed E-state index contributed by atoms with van der Waals surface area (Å²) in [6.45, 7) is 2.11. The molecule has 1 saturated heterocycles. The first kappa shape index (κ1) is 15.6. The van der Waals surface area contributed by atoms with Crippen LogP contribution >= 0.6 is 0 Å². The maximum Gasteiger partial charge on any atom is 0.233 e. The zero-order valence-corrected chi connectivity index (χ0v) is 13.2. The van der Waals surface area contributed by atoms with Crippen molar-refractivity contribution >= 4 is 11.6 Å². The molecule has 3 rings (SSSR count). The van der Waals surface area contributed by atoms with Gasteiger partial charge in [-0.2, -0.15) is 15.0 Å². The van der Waals surface area contributed by atoms with Crippen molar-refractivity contribution in [2.24, 2.45) is 5.41 Å². The van der Waals surface area contributed by atoms with Gasteiger partial charge in [-0.05, 0) is 50.2 Å². The lowest BCUT2D eigenvalue weighted by Crippen LogP contribution is -2.47. The van der Waals surface area contributed by atoms with E-state index in [-0.39, 0.29) is 5.91 Å². The van der Waals surface area contributed by atoms with Crippen LogP contribution in [0.2, 0.25) is 0 Å². The number of methoxy groups -OCH3 is 1. The average molecular weight is 315 g/mol. The highest BCUT2D eigenvalue weighted by atomic mass is 16.5. The second kappa shape index (κ2) is 6.89. The molecule has 0 radical (unpaired) electrons. The Balaban J connectivity index is 1.71. The SMILES string of the molecule is COCC1(C(=O)Nc2ccc(-n3nccn3)cc2)CCNCC1. The van der Waals surface area contributed by atoms with Gasteiger partial charge >= 0.3 is 0 Å². The van der Waals surface area contributed by atoms with Crippen LogP contribution in [-0.4, -0.2) is 47.7 Å². The maximum atomic E-state index is 12.7. The highest BCUT2D eigenvalue weighted by molar-refractivity contribution is 5.95. The third-order valence-corrected chi connectivity index (χ3v) is 4.24. The zero-order chi connectivity index (χ0) is 16.1. The van der Waals surface area contributed by atoms with Crippen molar-refractivity contribution in [1.29, 1.82) is 0 Å². The second-order valence-corrected chi connectivity index (χ2v) is 5.78. The van der Waals surface area contributed by atoms with Crippen LogP contribution in [0.5, 0.6) is 0 Å². The smallest absolute Gasteiger partial charge is 0.233 e. The first-order chi connectivity index (χ1) is 11.2. The zero-order valence-electron chi connectivity index (χ0n) is 13.2. The monoisotopic (exact) mass is 315 g/mol. The molecule has 2 heterocycles. The van der Waals surface area contributed by atoms with E-state index in [1.54, 1.807) is 19.5 Å². The van der Waals surface area contributed by atoms with E-state index in [0.717, 1.165) is 37.3 Å². The fourth-order valence-corrected chi connectivity index (χ4v) is 2.91. The number of hydrogen-bond acceptors (Lipinski definition) is 5. The van der Waals surface area contributed by atoms with E-state index < -0.39 is 5.41 Å². The third kappa shape index (κ3) is 3.40. The van der Waals surface area contributed by atoms with Crippen molar-refractivity contribution in [3.05, 3.63) is 36.7 Å². The quantitative estimate of drug-likeness (QED) is 0.867.